The number of aromatic nitrogens is 4. The Bertz CT molecular complexity index is 876. The lowest BCUT2D eigenvalue weighted by molar-refractivity contribution is -0.115. The fourth-order valence-electron chi connectivity index (χ4n) is 2.46. The molecule has 9 heteroatoms. The number of ether oxygens (including phenoxy) is 1. The number of aryl methyl sites for hydroxylation is 1. The molecular weight excluding hydrogens is 367 g/mol. The van der Waals surface area contributed by atoms with Crippen LogP contribution in [0, 0.1) is 6.92 Å². The van der Waals surface area contributed by atoms with Crippen LogP contribution >= 0.6 is 23.2 Å². The second-order valence-electron chi connectivity index (χ2n) is 5.59. The molecule has 1 aliphatic carbocycles. The Labute approximate surface area is 153 Å². The number of carbonyl (C=O) groups is 2. The minimum absolute atomic E-state index is 0.0499. The number of carbonyl (C=O) groups excluding carboxylic acids is 2. The van der Waals surface area contributed by atoms with Crippen molar-refractivity contribution in [3.8, 4) is 0 Å². The molecule has 130 valence electrons. The maximum atomic E-state index is 12.4. The number of hydrogen-bond acceptors (Lipinski definition) is 6. The van der Waals surface area contributed by atoms with Crippen LogP contribution in [-0.2, 0) is 16.1 Å². The van der Waals surface area contributed by atoms with Crippen molar-refractivity contribution in [1.29, 1.82) is 0 Å². The molecule has 25 heavy (non-hydrogen) atoms. The smallest absolute Gasteiger partial charge is 0.344 e. The Morgan fingerprint density at radius 1 is 1.32 bits per heavy atom. The summed E-state index contributed by atoms with van der Waals surface area (Å²) in [6.45, 7) is 1.96. The second-order valence-corrected chi connectivity index (χ2v) is 6.38. The summed E-state index contributed by atoms with van der Waals surface area (Å²) in [5.74, 6) is 0.263. The van der Waals surface area contributed by atoms with Gasteiger partial charge in [0.1, 0.15) is 11.6 Å². The van der Waals surface area contributed by atoms with E-state index in [0.29, 0.717) is 41.4 Å². The summed E-state index contributed by atoms with van der Waals surface area (Å²) < 4.78 is 6.83. The Hall–Kier alpha value is -2.25. The Kier molecular flexibility index (Phi) is 5.15. The number of hydrogen-bond donors (Lipinski definition) is 0. The van der Waals surface area contributed by atoms with Gasteiger partial charge in [0.25, 0.3) is 0 Å². The second kappa shape index (κ2) is 7.33. The van der Waals surface area contributed by atoms with Gasteiger partial charge in [0.15, 0.2) is 5.78 Å². The van der Waals surface area contributed by atoms with Crippen molar-refractivity contribution < 1.29 is 14.3 Å². The van der Waals surface area contributed by atoms with Gasteiger partial charge in [-0.2, -0.15) is 0 Å². The highest BCUT2D eigenvalue weighted by Crippen LogP contribution is 2.30. The third-order valence-corrected chi connectivity index (χ3v) is 4.60. The van der Waals surface area contributed by atoms with E-state index in [9.17, 15) is 9.59 Å². The molecule has 0 spiro atoms. The molecule has 1 aliphatic rings. The van der Waals surface area contributed by atoms with Crippen LogP contribution in [0.3, 0.4) is 0 Å². The van der Waals surface area contributed by atoms with Gasteiger partial charge in [0, 0.05) is 29.5 Å². The van der Waals surface area contributed by atoms with Crippen LogP contribution in [0.25, 0.3) is 0 Å². The molecule has 0 bridgehead atoms. The van der Waals surface area contributed by atoms with Gasteiger partial charge in [-0.05, 0) is 35.9 Å². The molecule has 1 aromatic heterocycles. The Morgan fingerprint density at radius 2 is 2.12 bits per heavy atom. The third kappa shape index (κ3) is 3.88. The number of rotatable bonds is 4. The van der Waals surface area contributed by atoms with Crippen molar-refractivity contribution in [1.82, 2.24) is 20.2 Å². The van der Waals surface area contributed by atoms with Crippen molar-refractivity contribution in [2.24, 2.45) is 0 Å². The largest absolute Gasteiger partial charge is 0.427 e. The number of esters is 1. The van der Waals surface area contributed by atoms with Gasteiger partial charge in [-0.1, -0.05) is 23.2 Å². The Balaban J connectivity index is 1.87. The average molecular weight is 381 g/mol. The van der Waals surface area contributed by atoms with E-state index in [1.165, 1.54) is 16.8 Å². The highest BCUT2D eigenvalue weighted by atomic mass is 35.5. The number of benzene rings is 1. The predicted molar refractivity (Wildman–Crippen MR) is 90.5 cm³/mol. The molecule has 1 heterocycles. The lowest BCUT2D eigenvalue weighted by Crippen LogP contribution is -2.12. The summed E-state index contributed by atoms with van der Waals surface area (Å²) in [4.78, 5) is 23.9. The van der Waals surface area contributed by atoms with Crippen molar-refractivity contribution in [2.45, 2.75) is 32.7 Å². The van der Waals surface area contributed by atoms with E-state index in [-0.39, 0.29) is 22.9 Å². The zero-order chi connectivity index (χ0) is 18.0. The van der Waals surface area contributed by atoms with Crippen molar-refractivity contribution in [3.63, 3.8) is 0 Å². The zero-order valence-corrected chi connectivity index (χ0v) is 14.8. The van der Waals surface area contributed by atoms with Crippen LogP contribution in [0.2, 0.25) is 10.0 Å². The molecule has 0 saturated carbocycles. The van der Waals surface area contributed by atoms with Gasteiger partial charge >= 0.3 is 5.97 Å². The predicted octanol–water partition coefficient (Wildman–Crippen LogP) is 3.13. The van der Waals surface area contributed by atoms with E-state index in [1.54, 1.807) is 13.0 Å². The van der Waals surface area contributed by atoms with Gasteiger partial charge in [0.05, 0.1) is 17.1 Å². The molecule has 2 aromatic rings. The van der Waals surface area contributed by atoms with Crippen LogP contribution in [-0.4, -0.2) is 32.0 Å². The molecule has 7 nitrogen and oxygen atoms in total. The Morgan fingerprint density at radius 3 is 2.80 bits per heavy atom. The van der Waals surface area contributed by atoms with Gasteiger partial charge in [0.2, 0.25) is 0 Å². The molecule has 0 saturated heterocycles. The first kappa shape index (κ1) is 17.6. The van der Waals surface area contributed by atoms with E-state index < -0.39 is 5.97 Å². The normalized spacial score (nSPS) is 14.4. The summed E-state index contributed by atoms with van der Waals surface area (Å²) >= 11 is 12.6. The van der Waals surface area contributed by atoms with Crippen molar-refractivity contribution in [3.05, 3.63) is 51.0 Å². The SMILES string of the molecule is Cc1nnnn1Cc1c(Cl)ccc(C(=O)OC2=CC(=O)CCC2)c1Cl. The van der Waals surface area contributed by atoms with Crippen molar-refractivity contribution in [2.75, 3.05) is 0 Å². The number of halogens is 2. The van der Waals surface area contributed by atoms with Crippen LogP contribution in [0.5, 0.6) is 0 Å². The molecule has 3 rings (SSSR count). The number of allylic oxidation sites excluding steroid dienone is 2. The zero-order valence-electron chi connectivity index (χ0n) is 13.3. The first-order chi connectivity index (χ1) is 12.0. The molecular formula is C16H14Cl2N4O3. The number of ketones is 1. The average Bonchev–Trinajstić information content (AvgIpc) is 2.96. The molecule has 0 fully saturated rings. The summed E-state index contributed by atoms with van der Waals surface area (Å²) in [7, 11) is 0. The number of nitrogens with zero attached hydrogens (tertiary/aromatic N) is 4. The van der Waals surface area contributed by atoms with E-state index >= 15 is 0 Å². The molecule has 0 N–H and O–H groups in total. The van der Waals surface area contributed by atoms with Crippen molar-refractivity contribution >= 4 is 35.0 Å². The first-order valence-electron chi connectivity index (χ1n) is 7.61. The van der Waals surface area contributed by atoms with Crippen LogP contribution in [0.1, 0.15) is 41.0 Å². The van der Waals surface area contributed by atoms with Gasteiger partial charge < -0.3 is 4.74 Å². The molecule has 0 amide bonds. The summed E-state index contributed by atoms with van der Waals surface area (Å²) in [6, 6.07) is 3.06. The van der Waals surface area contributed by atoms with E-state index in [0.717, 1.165) is 0 Å². The quantitative estimate of drug-likeness (QED) is 0.757. The lowest BCUT2D eigenvalue weighted by atomic mass is 10.1. The van der Waals surface area contributed by atoms with Crippen LogP contribution in [0.4, 0.5) is 0 Å². The maximum absolute atomic E-state index is 12.4. The molecule has 0 atom stereocenters. The standard InChI is InChI=1S/C16H14Cl2N4O3/c1-9-19-20-21-22(9)8-13-14(17)6-5-12(15(13)18)16(24)25-11-4-2-3-10(23)7-11/h5-7H,2-4,8H2,1H3. The highest BCUT2D eigenvalue weighted by Gasteiger charge is 2.21. The summed E-state index contributed by atoms with van der Waals surface area (Å²) in [5.41, 5.74) is 0.688. The van der Waals surface area contributed by atoms with E-state index in [2.05, 4.69) is 15.5 Å². The fourth-order valence-corrected chi connectivity index (χ4v) is 3.03. The molecule has 0 unspecified atom stereocenters. The lowest BCUT2D eigenvalue weighted by Gasteiger charge is -2.14. The molecule has 1 aromatic carbocycles. The summed E-state index contributed by atoms with van der Waals surface area (Å²) in [6.07, 6.45) is 3.03. The molecule has 0 aliphatic heterocycles. The summed E-state index contributed by atoms with van der Waals surface area (Å²) in [5, 5.41) is 11.8. The van der Waals surface area contributed by atoms with Crippen LogP contribution < -0.4 is 0 Å². The van der Waals surface area contributed by atoms with E-state index in [4.69, 9.17) is 27.9 Å². The topological polar surface area (TPSA) is 87.0 Å². The van der Waals surface area contributed by atoms with Gasteiger partial charge in [-0.15, -0.1) is 5.10 Å². The minimum atomic E-state index is -0.627. The third-order valence-electron chi connectivity index (χ3n) is 3.82. The first-order valence-corrected chi connectivity index (χ1v) is 8.36. The fraction of sp³-hybridized carbons (Fsp3) is 0.312. The van der Waals surface area contributed by atoms with Crippen LogP contribution in [0.15, 0.2) is 24.0 Å². The minimum Gasteiger partial charge on any atom is -0.427 e. The maximum Gasteiger partial charge on any atom is 0.344 e. The monoisotopic (exact) mass is 380 g/mol. The number of tetrazole rings is 1. The molecule has 0 radical (unpaired) electrons. The van der Waals surface area contributed by atoms with Gasteiger partial charge in [-0.25, -0.2) is 9.48 Å². The highest BCUT2D eigenvalue weighted by molar-refractivity contribution is 6.38. The van der Waals surface area contributed by atoms with E-state index in [1.807, 2.05) is 0 Å². The van der Waals surface area contributed by atoms with Gasteiger partial charge in [-0.3, -0.25) is 4.79 Å².